The lowest BCUT2D eigenvalue weighted by Gasteiger charge is -2.35. The molecule has 10 heteroatoms. The molecule has 1 aliphatic rings. The van der Waals surface area contributed by atoms with E-state index in [4.69, 9.17) is 4.74 Å². The van der Waals surface area contributed by atoms with Gasteiger partial charge < -0.3 is 4.74 Å². The Balaban J connectivity index is 2.48. The van der Waals surface area contributed by atoms with Gasteiger partial charge in [-0.25, -0.2) is 8.78 Å². The monoisotopic (exact) mass is 287 g/mol. The molecule has 0 aliphatic carbocycles. The number of halogens is 6. The van der Waals surface area contributed by atoms with Gasteiger partial charge in [-0.2, -0.15) is 13.1 Å². The predicted molar refractivity (Wildman–Crippen MR) is 49.1 cm³/mol. The number of morpholine rings is 1. The lowest BCUT2D eigenvalue weighted by Crippen LogP contribution is -2.39. The maximum Gasteiger partial charge on any atom is 0.331 e. The first-order valence-electron chi connectivity index (χ1n) is 4.61. The number of hydrogen-bond donors (Lipinski definition) is 0. The Kier molecular flexibility index (Phi) is 4.93. The van der Waals surface area contributed by atoms with Crippen LogP contribution in [0, 0.1) is 0 Å². The van der Waals surface area contributed by atoms with Gasteiger partial charge in [0.2, 0.25) is 11.3 Å². The molecular formula is C7H11F6NO2S. The Morgan fingerprint density at radius 1 is 1.24 bits per heavy atom. The Hall–Kier alpha value is -0.190. The Bertz CT molecular complexity index is 249. The normalized spacial score (nSPS) is 20.9. The summed E-state index contributed by atoms with van der Waals surface area (Å²) in [5, 5.41) is 0. The zero-order valence-electron chi connectivity index (χ0n) is 8.55. The molecule has 0 aromatic carbocycles. The van der Waals surface area contributed by atoms with Crippen LogP contribution in [0.25, 0.3) is 0 Å². The highest BCUT2D eigenvalue weighted by Gasteiger charge is 2.45. The number of alkyl halides is 4. The molecule has 1 fully saturated rings. The second-order valence-corrected chi connectivity index (χ2v) is 4.81. The fourth-order valence-corrected chi connectivity index (χ4v) is 2.07. The highest BCUT2D eigenvalue weighted by molar-refractivity contribution is 8.19. The van der Waals surface area contributed by atoms with Crippen LogP contribution in [0.3, 0.4) is 0 Å². The third kappa shape index (κ3) is 4.19. The van der Waals surface area contributed by atoms with Gasteiger partial charge in [0.25, 0.3) is 0 Å². The number of nitrogens with zero attached hydrogens (tertiary/aromatic N) is 1. The molecule has 17 heavy (non-hydrogen) atoms. The molecule has 1 aliphatic heterocycles. The van der Waals surface area contributed by atoms with Crippen molar-refractivity contribution in [2.24, 2.45) is 0 Å². The van der Waals surface area contributed by atoms with Gasteiger partial charge >= 0.3 is 12.3 Å². The van der Waals surface area contributed by atoms with Crippen molar-refractivity contribution >= 4 is 11.3 Å². The largest absolute Gasteiger partial charge is 0.379 e. The van der Waals surface area contributed by atoms with E-state index in [1.165, 1.54) is 0 Å². The first-order chi connectivity index (χ1) is 7.76. The van der Waals surface area contributed by atoms with Gasteiger partial charge in [0.05, 0.1) is 13.2 Å². The molecule has 0 radical (unpaired) electrons. The smallest absolute Gasteiger partial charge is 0.331 e. The summed E-state index contributed by atoms with van der Waals surface area (Å²) in [6.45, 7) is -2.30. The molecule has 0 N–H and O–H groups in total. The van der Waals surface area contributed by atoms with Crippen molar-refractivity contribution in [3.8, 4) is 0 Å². The third-order valence-corrected chi connectivity index (χ3v) is 3.35. The van der Waals surface area contributed by atoms with Crippen molar-refractivity contribution in [2.75, 3.05) is 32.9 Å². The minimum absolute atomic E-state index is 0.0250. The highest BCUT2D eigenvalue weighted by Crippen LogP contribution is 2.56. The topological polar surface area (TPSA) is 21.7 Å². The summed E-state index contributed by atoms with van der Waals surface area (Å²) in [7, 11) is 0. The highest BCUT2D eigenvalue weighted by atomic mass is 32.3. The standard InChI is InChI=1S/C7H11F6NO2S/c8-6(9)7(10,11)5-16-17(12,13)14-1-3-15-4-2-14/h6H,1-5H2. The summed E-state index contributed by atoms with van der Waals surface area (Å²) in [6.07, 6.45) is -4.03. The lowest BCUT2D eigenvalue weighted by atomic mass is 10.4. The van der Waals surface area contributed by atoms with E-state index in [1.807, 2.05) is 0 Å². The van der Waals surface area contributed by atoms with Crippen molar-refractivity contribution in [2.45, 2.75) is 12.3 Å². The average Bonchev–Trinajstić information content (AvgIpc) is 2.28. The second-order valence-electron chi connectivity index (χ2n) is 3.26. The molecule has 0 bridgehead atoms. The molecule has 3 nitrogen and oxygen atoms in total. The summed E-state index contributed by atoms with van der Waals surface area (Å²) in [5.41, 5.74) is 0. The van der Waals surface area contributed by atoms with E-state index in [2.05, 4.69) is 4.18 Å². The average molecular weight is 287 g/mol. The predicted octanol–water partition coefficient (Wildman–Crippen LogP) is 2.64. The van der Waals surface area contributed by atoms with Crippen molar-refractivity contribution in [1.82, 2.24) is 4.31 Å². The van der Waals surface area contributed by atoms with Gasteiger partial charge in [-0.1, -0.05) is 0 Å². The van der Waals surface area contributed by atoms with Gasteiger partial charge in [0.15, 0.2) is 0 Å². The lowest BCUT2D eigenvalue weighted by molar-refractivity contribution is -0.148. The van der Waals surface area contributed by atoms with Crippen LogP contribution >= 0.6 is 11.3 Å². The molecule has 104 valence electrons. The van der Waals surface area contributed by atoms with Gasteiger partial charge in [-0.15, -0.1) is 7.77 Å². The Morgan fingerprint density at radius 2 is 1.76 bits per heavy atom. The molecular weight excluding hydrogens is 276 g/mol. The van der Waals surface area contributed by atoms with Crippen LogP contribution in [0.1, 0.15) is 0 Å². The van der Waals surface area contributed by atoms with Crippen molar-refractivity contribution in [1.29, 1.82) is 0 Å². The summed E-state index contributed by atoms with van der Waals surface area (Å²) >= 11 is -4.91. The molecule has 0 saturated carbocycles. The van der Waals surface area contributed by atoms with Gasteiger partial charge in [0.1, 0.15) is 6.61 Å². The van der Waals surface area contributed by atoms with Crippen LogP contribution in [-0.4, -0.2) is 49.6 Å². The minimum atomic E-state index is -4.91. The number of ether oxygens (including phenoxy) is 1. The maximum atomic E-state index is 13.3. The van der Waals surface area contributed by atoms with Crippen molar-refractivity contribution in [3.05, 3.63) is 0 Å². The second kappa shape index (κ2) is 5.63. The van der Waals surface area contributed by atoms with Crippen LogP contribution in [-0.2, 0) is 8.92 Å². The minimum Gasteiger partial charge on any atom is -0.379 e. The van der Waals surface area contributed by atoms with Crippen LogP contribution < -0.4 is 0 Å². The van der Waals surface area contributed by atoms with E-state index in [1.54, 1.807) is 0 Å². The molecule has 0 spiro atoms. The molecule has 0 aromatic rings. The quantitative estimate of drug-likeness (QED) is 0.726. The van der Waals surface area contributed by atoms with Crippen LogP contribution in [0.15, 0.2) is 0 Å². The van der Waals surface area contributed by atoms with E-state index < -0.39 is 30.2 Å². The first-order valence-corrected chi connectivity index (χ1v) is 5.93. The van der Waals surface area contributed by atoms with E-state index in [-0.39, 0.29) is 26.3 Å². The summed E-state index contributed by atoms with van der Waals surface area (Å²) in [6, 6.07) is 0. The molecule has 1 rings (SSSR count). The zero-order valence-corrected chi connectivity index (χ0v) is 9.37. The Morgan fingerprint density at radius 3 is 2.24 bits per heavy atom. The summed E-state index contributed by atoms with van der Waals surface area (Å²) in [4.78, 5) is 0. The fraction of sp³-hybridized carbons (Fsp3) is 1.00. The van der Waals surface area contributed by atoms with Crippen LogP contribution in [0.2, 0.25) is 0 Å². The molecule has 0 amide bonds. The van der Waals surface area contributed by atoms with Crippen LogP contribution in [0.4, 0.5) is 25.3 Å². The number of rotatable bonds is 5. The third-order valence-electron chi connectivity index (χ3n) is 1.98. The van der Waals surface area contributed by atoms with Crippen molar-refractivity contribution < 1.29 is 34.3 Å². The zero-order chi connectivity index (χ0) is 13.1. The molecule has 1 saturated heterocycles. The fourth-order valence-electron chi connectivity index (χ4n) is 1.05. The SMILES string of the molecule is FC(F)C(F)(F)COS(F)(F)N1CCOCC1. The van der Waals surface area contributed by atoms with E-state index in [0.717, 1.165) is 0 Å². The molecule has 0 aromatic heterocycles. The number of hydrogen-bond acceptors (Lipinski definition) is 3. The maximum absolute atomic E-state index is 13.3. The molecule has 0 unspecified atom stereocenters. The van der Waals surface area contributed by atoms with Crippen LogP contribution in [0.5, 0.6) is 0 Å². The molecule has 0 atom stereocenters. The van der Waals surface area contributed by atoms with E-state index in [9.17, 15) is 25.3 Å². The van der Waals surface area contributed by atoms with E-state index >= 15 is 0 Å². The van der Waals surface area contributed by atoms with Gasteiger partial charge in [-0.3, -0.25) is 4.18 Å². The molecule has 1 heterocycles. The van der Waals surface area contributed by atoms with Gasteiger partial charge in [-0.05, 0) is 0 Å². The summed E-state index contributed by atoms with van der Waals surface area (Å²) in [5.74, 6) is -4.57. The van der Waals surface area contributed by atoms with Gasteiger partial charge in [0, 0.05) is 13.1 Å². The van der Waals surface area contributed by atoms with Crippen molar-refractivity contribution in [3.63, 3.8) is 0 Å². The van der Waals surface area contributed by atoms with E-state index in [0.29, 0.717) is 4.31 Å². The Labute approximate surface area is 95.9 Å². The first kappa shape index (κ1) is 14.9. The summed E-state index contributed by atoms with van der Waals surface area (Å²) < 4.78 is 83.8.